The minimum absolute atomic E-state index is 0.0253. The molecule has 5 rings (SSSR count). The second-order valence-electron chi connectivity index (χ2n) is 8.43. The third-order valence-corrected chi connectivity index (χ3v) is 6.33. The molecule has 1 saturated heterocycles. The number of aryl methyl sites for hydroxylation is 1. The van der Waals surface area contributed by atoms with Gasteiger partial charge in [0.1, 0.15) is 17.7 Å². The minimum atomic E-state index is -0.729. The normalized spacial score (nSPS) is 18.0. The maximum Gasteiger partial charge on any atom is 0.277 e. The van der Waals surface area contributed by atoms with Crippen LogP contribution < -0.4 is 15.5 Å². The van der Waals surface area contributed by atoms with E-state index in [0.717, 1.165) is 36.3 Å². The lowest BCUT2D eigenvalue weighted by Gasteiger charge is -2.30. The number of anilines is 2. The Labute approximate surface area is 190 Å². The van der Waals surface area contributed by atoms with Gasteiger partial charge in [0.15, 0.2) is 5.69 Å². The summed E-state index contributed by atoms with van der Waals surface area (Å²) in [5.41, 5.74) is 9.09. The van der Waals surface area contributed by atoms with Crippen LogP contribution in [-0.4, -0.2) is 46.0 Å². The molecule has 0 radical (unpaired) electrons. The zero-order valence-corrected chi connectivity index (χ0v) is 18.2. The molecule has 3 heterocycles. The number of nitrogens with two attached hydrogens (primary N) is 1. The number of hydrogen-bond donors (Lipinski definition) is 2. The van der Waals surface area contributed by atoms with E-state index < -0.39 is 18.0 Å². The lowest BCUT2D eigenvalue weighted by Crippen LogP contribution is -2.39. The van der Waals surface area contributed by atoms with E-state index in [4.69, 9.17) is 5.73 Å². The number of carbonyl (C=O) groups excluding carboxylic acids is 2. The van der Waals surface area contributed by atoms with Crippen molar-refractivity contribution >= 4 is 23.2 Å². The highest BCUT2D eigenvalue weighted by Crippen LogP contribution is 2.33. The monoisotopic (exact) mass is 449 g/mol. The van der Waals surface area contributed by atoms with E-state index in [1.807, 2.05) is 30.0 Å². The van der Waals surface area contributed by atoms with Crippen molar-refractivity contribution in [2.45, 2.75) is 32.4 Å². The van der Waals surface area contributed by atoms with Gasteiger partial charge in [0.05, 0.1) is 5.69 Å². The molecule has 0 spiro atoms. The van der Waals surface area contributed by atoms with Gasteiger partial charge in [-0.2, -0.15) is 5.10 Å². The highest BCUT2D eigenvalue weighted by Gasteiger charge is 2.35. The van der Waals surface area contributed by atoms with Crippen molar-refractivity contribution in [3.05, 3.63) is 70.8 Å². The van der Waals surface area contributed by atoms with Gasteiger partial charge in [-0.05, 0) is 68.1 Å². The van der Waals surface area contributed by atoms with Crippen LogP contribution in [0.3, 0.4) is 0 Å². The molecule has 0 bridgehead atoms. The van der Waals surface area contributed by atoms with E-state index >= 15 is 0 Å². The van der Waals surface area contributed by atoms with Crippen LogP contribution in [0.4, 0.5) is 15.8 Å². The fourth-order valence-corrected chi connectivity index (χ4v) is 4.75. The van der Waals surface area contributed by atoms with Gasteiger partial charge in [-0.1, -0.05) is 6.07 Å². The Morgan fingerprint density at radius 3 is 2.67 bits per heavy atom. The molecular weight excluding hydrogens is 425 g/mol. The molecule has 9 heteroatoms. The number of amides is 2. The second kappa shape index (κ2) is 8.00. The number of nitrogens with zero attached hydrogens (tertiary/aromatic N) is 4. The number of hydrogen-bond acceptors (Lipinski definition) is 5. The summed E-state index contributed by atoms with van der Waals surface area (Å²) >= 11 is 0. The zero-order chi connectivity index (χ0) is 23.3. The fourth-order valence-electron chi connectivity index (χ4n) is 4.75. The van der Waals surface area contributed by atoms with E-state index in [1.165, 1.54) is 22.9 Å². The number of benzene rings is 2. The first kappa shape index (κ1) is 21.1. The van der Waals surface area contributed by atoms with E-state index in [9.17, 15) is 19.1 Å². The smallest absolute Gasteiger partial charge is 0.277 e. The van der Waals surface area contributed by atoms with Gasteiger partial charge in [-0.25, -0.2) is 9.07 Å². The Bertz CT molecular complexity index is 1270. The van der Waals surface area contributed by atoms with Crippen LogP contribution in [0.25, 0.3) is 5.69 Å². The van der Waals surface area contributed by atoms with Crippen molar-refractivity contribution in [2.24, 2.45) is 5.73 Å². The van der Waals surface area contributed by atoms with Crippen LogP contribution >= 0.6 is 0 Å². The molecule has 2 aliphatic heterocycles. The highest BCUT2D eigenvalue weighted by molar-refractivity contribution is 6.10. The van der Waals surface area contributed by atoms with Gasteiger partial charge >= 0.3 is 0 Å². The van der Waals surface area contributed by atoms with Crippen LogP contribution in [0.1, 0.15) is 44.9 Å². The molecule has 2 amide bonds. The van der Waals surface area contributed by atoms with Crippen LogP contribution in [0.2, 0.25) is 0 Å². The van der Waals surface area contributed by atoms with E-state index in [1.54, 1.807) is 11.0 Å². The summed E-state index contributed by atoms with van der Waals surface area (Å²) in [5, 5.41) is 14.5. The van der Waals surface area contributed by atoms with Crippen molar-refractivity contribution in [3.63, 3.8) is 0 Å². The quantitative estimate of drug-likeness (QED) is 0.637. The predicted octanol–water partition coefficient (Wildman–Crippen LogP) is 2.54. The molecule has 2 aromatic carbocycles. The van der Waals surface area contributed by atoms with Crippen LogP contribution in [-0.2, 0) is 6.42 Å². The summed E-state index contributed by atoms with van der Waals surface area (Å²) in [6, 6.07) is 11.4. The highest BCUT2D eigenvalue weighted by atomic mass is 19.1. The number of primary amides is 1. The van der Waals surface area contributed by atoms with E-state index in [0.29, 0.717) is 24.2 Å². The first-order valence-corrected chi connectivity index (χ1v) is 10.9. The maximum atomic E-state index is 13.9. The number of aliphatic hydroxyl groups is 1. The molecule has 1 atom stereocenters. The summed E-state index contributed by atoms with van der Waals surface area (Å²) in [5.74, 6) is -1.54. The van der Waals surface area contributed by atoms with Gasteiger partial charge in [0, 0.05) is 30.0 Å². The molecule has 170 valence electrons. The molecular formula is C24H24FN5O3. The lowest BCUT2D eigenvalue weighted by molar-refractivity contribution is 0.0972. The molecule has 8 nitrogen and oxygen atoms in total. The number of rotatable bonds is 4. The van der Waals surface area contributed by atoms with E-state index in [-0.39, 0.29) is 17.3 Å². The summed E-state index contributed by atoms with van der Waals surface area (Å²) in [6.07, 6.45) is 1.56. The second-order valence-corrected chi connectivity index (χ2v) is 8.43. The molecule has 1 aromatic heterocycles. The average molecular weight is 449 g/mol. The molecule has 0 aliphatic carbocycles. The standard InChI is InChI=1S/C24H24FN5O3/c1-14-12-16(28-10-3-6-20(28)31)7-8-19(14)29-11-9-18-21(23(26)32)27-30(22(18)24(29)33)17-5-2-4-15(25)13-17/h2,4-5,7-8,12-13,20,31H,3,6,9-11H2,1H3,(H2,26,32). The molecule has 3 N–H and O–H groups in total. The molecule has 33 heavy (non-hydrogen) atoms. The Morgan fingerprint density at radius 1 is 1.18 bits per heavy atom. The van der Waals surface area contributed by atoms with Gasteiger partial charge in [-0.15, -0.1) is 0 Å². The van der Waals surface area contributed by atoms with Crippen LogP contribution in [0, 0.1) is 12.7 Å². The molecule has 1 unspecified atom stereocenters. The van der Waals surface area contributed by atoms with Crippen LogP contribution in [0.5, 0.6) is 0 Å². The van der Waals surface area contributed by atoms with Gasteiger partial charge < -0.3 is 20.6 Å². The van der Waals surface area contributed by atoms with Crippen molar-refractivity contribution in [3.8, 4) is 5.69 Å². The molecule has 2 aliphatic rings. The van der Waals surface area contributed by atoms with Crippen molar-refractivity contribution < 1.29 is 19.1 Å². The number of aromatic nitrogens is 2. The maximum absolute atomic E-state index is 13.9. The van der Waals surface area contributed by atoms with Crippen molar-refractivity contribution in [2.75, 3.05) is 22.9 Å². The lowest BCUT2D eigenvalue weighted by atomic mass is 10.0. The van der Waals surface area contributed by atoms with Gasteiger partial charge in [-0.3, -0.25) is 9.59 Å². The number of fused-ring (bicyclic) bond motifs is 1. The Hall–Kier alpha value is -3.72. The summed E-state index contributed by atoms with van der Waals surface area (Å²) in [6.45, 7) is 3.06. The Balaban J connectivity index is 1.55. The topological polar surface area (TPSA) is 105 Å². The van der Waals surface area contributed by atoms with Gasteiger partial charge in [0.2, 0.25) is 0 Å². The molecule has 0 saturated carbocycles. The Kier molecular flexibility index (Phi) is 5.13. The van der Waals surface area contributed by atoms with Gasteiger partial charge in [0.25, 0.3) is 11.8 Å². The van der Waals surface area contributed by atoms with Crippen molar-refractivity contribution in [1.29, 1.82) is 0 Å². The van der Waals surface area contributed by atoms with Crippen molar-refractivity contribution in [1.82, 2.24) is 9.78 Å². The summed E-state index contributed by atoms with van der Waals surface area (Å²) in [4.78, 5) is 29.2. The zero-order valence-electron chi connectivity index (χ0n) is 18.2. The molecule has 3 aromatic rings. The SMILES string of the molecule is Cc1cc(N2CCCC2O)ccc1N1CCc2c(C(N)=O)nn(-c3cccc(F)c3)c2C1=O. The minimum Gasteiger partial charge on any atom is -0.374 e. The first-order chi connectivity index (χ1) is 15.8. The van der Waals surface area contributed by atoms with E-state index in [2.05, 4.69) is 5.10 Å². The summed E-state index contributed by atoms with van der Waals surface area (Å²) in [7, 11) is 0. The number of aliphatic hydroxyl groups excluding tert-OH is 1. The first-order valence-electron chi connectivity index (χ1n) is 10.9. The average Bonchev–Trinajstić information content (AvgIpc) is 3.39. The summed E-state index contributed by atoms with van der Waals surface area (Å²) < 4.78 is 15.2. The van der Waals surface area contributed by atoms with Crippen LogP contribution in [0.15, 0.2) is 42.5 Å². The Morgan fingerprint density at radius 2 is 2.00 bits per heavy atom. The third-order valence-electron chi connectivity index (χ3n) is 6.33. The largest absolute Gasteiger partial charge is 0.374 e. The predicted molar refractivity (Wildman–Crippen MR) is 121 cm³/mol. The fraction of sp³-hybridized carbons (Fsp3) is 0.292. The third kappa shape index (κ3) is 3.54. The molecule has 1 fully saturated rings. The number of halogens is 1. The number of carbonyl (C=O) groups is 2.